The van der Waals surface area contributed by atoms with E-state index in [1.807, 2.05) is 0 Å². The monoisotopic (exact) mass is 512 g/mol. The van der Waals surface area contributed by atoms with E-state index in [1.54, 1.807) is 0 Å². The van der Waals surface area contributed by atoms with Crippen molar-refractivity contribution in [2.24, 2.45) is 5.92 Å². The largest absolute Gasteiger partial charge is 0.326 e. The number of rotatable bonds is 5. The second kappa shape index (κ2) is 13.5. The van der Waals surface area contributed by atoms with Gasteiger partial charge in [-0.2, -0.15) is 0 Å². The molecule has 0 aliphatic heterocycles. The molecule has 0 spiro atoms. The van der Waals surface area contributed by atoms with E-state index in [4.69, 9.17) is 0 Å². The Bertz CT molecular complexity index is 752. The second-order valence-corrected chi connectivity index (χ2v) is 15.9. The average Bonchev–Trinajstić information content (AvgIpc) is 3.49. The van der Waals surface area contributed by atoms with Crippen molar-refractivity contribution in [1.29, 1.82) is 0 Å². The van der Waals surface area contributed by atoms with Crippen LogP contribution in [0.2, 0.25) is 0 Å². The summed E-state index contributed by atoms with van der Waals surface area (Å²) in [5.74, 6) is 0.576. The van der Waals surface area contributed by atoms with E-state index in [9.17, 15) is 4.57 Å². The molecule has 2 unspecified atom stereocenters. The van der Waals surface area contributed by atoms with E-state index in [-0.39, 0.29) is 22.2 Å². The molecule has 0 saturated heterocycles. The van der Waals surface area contributed by atoms with E-state index in [2.05, 4.69) is 88.4 Å². The van der Waals surface area contributed by atoms with Crippen molar-refractivity contribution in [3.05, 3.63) is 60.7 Å². The van der Waals surface area contributed by atoms with Crippen LogP contribution in [0, 0.1) is 5.92 Å². The third-order valence-corrected chi connectivity index (χ3v) is 12.8. The molecule has 4 rings (SSSR count). The Kier molecular flexibility index (Phi) is 11.7. The Morgan fingerprint density at radius 2 is 1.22 bits per heavy atom. The normalized spacial score (nSPS) is 22.5. The zero-order valence-electron chi connectivity index (χ0n) is 20.4. The minimum Gasteiger partial charge on any atom is -0.326 e. The van der Waals surface area contributed by atoms with Crippen molar-refractivity contribution in [2.45, 2.75) is 95.5 Å². The first-order valence-electron chi connectivity index (χ1n) is 12.3. The van der Waals surface area contributed by atoms with Crippen LogP contribution in [0.4, 0.5) is 0 Å². The van der Waals surface area contributed by atoms with Gasteiger partial charge in [-0.05, 0) is 42.9 Å². The molecule has 2 aliphatic rings. The standard InChI is InChI=1S/C23H32OP2.C5H10.Fe/c1-18(21-16-11-17-22(21)26(24)23(2,3)4)25(19-12-7-5-8-13-19)20-14-9-6-10-15-20;1-2-4-5-3-1;/h5-10,12-15,18,21-22,26H,11,16-17H2,1-4H3;1-5H2;/t18-,21?,22?;;/m1../s1. The Morgan fingerprint density at radius 3 is 1.62 bits per heavy atom. The Hall–Kier alpha value is -0.381. The Balaban J connectivity index is 0.000000534. The summed E-state index contributed by atoms with van der Waals surface area (Å²) in [7, 11) is -2.04. The topological polar surface area (TPSA) is 17.1 Å². The van der Waals surface area contributed by atoms with Crippen LogP contribution < -0.4 is 10.6 Å². The molecule has 2 fully saturated rings. The maximum absolute atomic E-state index is 13.3. The zero-order valence-corrected chi connectivity index (χ0v) is 23.4. The van der Waals surface area contributed by atoms with E-state index in [0.29, 0.717) is 17.2 Å². The molecular formula is C28H42FeOP2. The van der Waals surface area contributed by atoms with Crippen LogP contribution in [0.15, 0.2) is 60.7 Å². The molecule has 4 atom stereocenters. The Morgan fingerprint density at radius 1 is 0.781 bits per heavy atom. The first-order valence-corrected chi connectivity index (χ1v) is 15.2. The van der Waals surface area contributed by atoms with Crippen molar-refractivity contribution in [1.82, 2.24) is 0 Å². The van der Waals surface area contributed by atoms with E-state index in [0.717, 1.165) is 6.42 Å². The van der Waals surface area contributed by atoms with E-state index >= 15 is 0 Å². The fourth-order valence-corrected chi connectivity index (χ4v) is 10.9. The van der Waals surface area contributed by atoms with Crippen LogP contribution in [0.3, 0.4) is 0 Å². The van der Waals surface area contributed by atoms with Crippen molar-refractivity contribution in [3.63, 3.8) is 0 Å². The van der Waals surface area contributed by atoms with Gasteiger partial charge in [0.25, 0.3) is 0 Å². The first kappa shape index (κ1) is 27.9. The third-order valence-electron chi connectivity index (χ3n) is 6.99. The molecule has 0 N–H and O–H groups in total. The molecular weight excluding hydrogens is 470 g/mol. The summed E-state index contributed by atoms with van der Waals surface area (Å²) in [5.41, 5.74) is 0.964. The summed E-state index contributed by atoms with van der Waals surface area (Å²) in [5, 5.41) is 2.84. The molecule has 0 radical (unpaired) electrons. The summed E-state index contributed by atoms with van der Waals surface area (Å²) in [6.07, 6.45) is 11.1. The van der Waals surface area contributed by atoms with Crippen LogP contribution in [-0.2, 0) is 21.6 Å². The maximum Gasteiger partial charge on any atom is 0.0844 e. The van der Waals surface area contributed by atoms with Gasteiger partial charge in [0.05, 0.1) is 7.80 Å². The molecule has 2 aromatic carbocycles. The fraction of sp³-hybridized carbons (Fsp3) is 0.571. The van der Waals surface area contributed by atoms with Crippen molar-refractivity contribution in [2.75, 3.05) is 0 Å². The summed E-state index contributed by atoms with van der Waals surface area (Å²) >= 11 is 0. The van der Waals surface area contributed by atoms with Gasteiger partial charge in [0.1, 0.15) is 0 Å². The van der Waals surface area contributed by atoms with Crippen LogP contribution >= 0.6 is 15.7 Å². The molecule has 4 heteroatoms. The molecule has 2 aromatic rings. The summed E-state index contributed by atoms with van der Waals surface area (Å²) < 4.78 is 13.3. The number of hydrogen-bond donors (Lipinski definition) is 0. The van der Waals surface area contributed by atoms with Gasteiger partial charge in [0, 0.05) is 27.9 Å². The van der Waals surface area contributed by atoms with Gasteiger partial charge in [-0.15, -0.1) is 0 Å². The molecule has 1 nitrogen and oxygen atoms in total. The molecule has 32 heavy (non-hydrogen) atoms. The molecule has 178 valence electrons. The van der Waals surface area contributed by atoms with E-state index < -0.39 is 15.7 Å². The minimum atomic E-state index is -1.61. The number of hydrogen-bond acceptors (Lipinski definition) is 1. The molecule has 0 aromatic heterocycles. The molecule has 0 amide bonds. The maximum atomic E-state index is 13.3. The molecule has 0 heterocycles. The predicted molar refractivity (Wildman–Crippen MR) is 142 cm³/mol. The van der Waals surface area contributed by atoms with Crippen molar-refractivity contribution >= 4 is 26.3 Å². The second-order valence-electron chi connectivity index (χ2n) is 10.4. The fourth-order valence-electron chi connectivity index (χ4n) is 5.32. The first-order chi connectivity index (χ1) is 14.9. The summed E-state index contributed by atoms with van der Waals surface area (Å²) in [4.78, 5) is 0. The zero-order chi connectivity index (χ0) is 22.3. The van der Waals surface area contributed by atoms with Crippen LogP contribution in [0.1, 0.15) is 79.1 Å². The van der Waals surface area contributed by atoms with Gasteiger partial charge in [-0.25, -0.2) is 0 Å². The van der Waals surface area contributed by atoms with Crippen LogP contribution in [0.25, 0.3) is 0 Å². The van der Waals surface area contributed by atoms with Crippen molar-refractivity contribution < 1.29 is 21.6 Å². The van der Waals surface area contributed by atoms with Crippen molar-refractivity contribution in [3.8, 4) is 0 Å². The molecule has 0 bridgehead atoms. The smallest absolute Gasteiger partial charge is 0.0844 e. The van der Waals surface area contributed by atoms with E-state index in [1.165, 1.54) is 55.6 Å². The Labute approximate surface area is 209 Å². The quantitative estimate of drug-likeness (QED) is 0.293. The summed E-state index contributed by atoms with van der Waals surface area (Å²) in [6, 6.07) is 22.0. The van der Waals surface area contributed by atoms with Crippen LogP contribution in [-0.4, -0.2) is 16.5 Å². The summed E-state index contributed by atoms with van der Waals surface area (Å²) in [6.45, 7) is 8.90. The molecule has 2 saturated carbocycles. The van der Waals surface area contributed by atoms with Gasteiger partial charge in [0.2, 0.25) is 0 Å². The van der Waals surface area contributed by atoms with Gasteiger partial charge in [-0.1, -0.05) is 127 Å². The average molecular weight is 512 g/mol. The number of benzene rings is 2. The predicted octanol–water partition coefficient (Wildman–Crippen LogP) is 7.98. The van der Waals surface area contributed by atoms with Crippen LogP contribution in [0.5, 0.6) is 0 Å². The van der Waals surface area contributed by atoms with Gasteiger partial charge in [-0.3, -0.25) is 0 Å². The minimum absolute atomic E-state index is 0. The molecule has 2 aliphatic carbocycles. The third kappa shape index (κ3) is 7.57. The SMILES string of the molecule is C1CCCC1.C[C@H](C1CCCC1[P@H](=O)C(C)(C)C)P(c1ccccc1)c1ccccc1.[Fe]. The van der Waals surface area contributed by atoms with Gasteiger partial charge >= 0.3 is 0 Å². The van der Waals surface area contributed by atoms with Gasteiger partial charge in [0.15, 0.2) is 0 Å². The van der Waals surface area contributed by atoms with Gasteiger partial charge < -0.3 is 4.57 Å².